The molecule has 11 heteroatoms. The minimum absolute atomic E-state index is 0. The third kappa shape index (κ3) is 7.23. The molecule has 1 aliphatic rings. The Balaban J connectivity index is 0.00000210. The van der Waals surface area contributed by atoms with E-state index in [0.717, 1.165) is 49.3 Å². The van der Waals surface area contributed by atoms with Crippen LogP contribution >= 0.6 is 24.8 Å². The topological polar surface area (TPSA) is 75.6 Å². The number of nitrogens with zero attached hydrogens (tertiary/aromatic N) is 4. The van der Waals surface area contributed by atoms with E-state index in [1.54, 1.807) is 18.3 Å². The van der Waals surface area contributed by atoms with E-state index in [9.17, 15) is 13.2 Å². The third-order valence-corrected chi connectivity index (χ3v) is 6.61. The second kappa shape index (κ2) is 13.2. The van der Waals surface area contributed by atoms with Crippen LogP contribution < -0.4 is 10.6 Å². The lowest BCUT2D eigenvalue weighted by Crippen LogP contribution is -2.27. The van der Waals surface area contributed by atoms with Gasteiger partial charge in [-0.2, -0.15) is 18.3 Å². The van der Waals surface area contributed by atoms with Crippen molar-refractivity contribution in [3.63, 3.8) is 0 Å². The fourth-order valence-corrected chi connectivity index (χ4v) is 4.58. The molecular formula is C28H29Cl2F3N6. The number of nitrogens with one attached hydrogen (secondary N) is 2. The highest BCUT2D eigenvalue weighted by molar-refractivity contribution is 5.85. The van der Waals surface area contributed by atoms with Crippen molar-refractivity contribution in [1.29, 1.82) is 0 Å². The molecule has 0 radical (unpaired) electrons. The molecule has 1 atom stereocenters. The molecule has 206 valence electrons. The van der Waals surface area contributed by atoms with Crippen LogP contribution in [0.3, 0.4) is 0 Å². The summed E-state index contributed by atoms with van der Waals surface area (Å²) >= 11 is 0. The fourth-order valence-electron chi connectivity index (χ4n) is 4.58. The Morgan fingerprint density at radius 3 is 2.38 bits per heavy atom. The van der Waals surface area contributed by atoms with Crippen molar-refractivity contribution in [2.45, 2.75) is 37.9 Å². The van der Waals surface area contributed by atoms with Gasteiger partial charge in [-0.3, -0.25) is 0 Å². The van der Waals surface area contributed by atoms with Crippen LogP contribution in [-0.4, -0.2) is 33.3 Å². The number of aromatic nitrogens is 4. The SMILES string of the molecule is C[C@H](Nc1nccc(-c2nnc(C3CCNCC3)cc2-c2cccc(C(F)(F)F)c2)n1)c1ccccc1.Cl.Cl. The molecule has 0 amide bonds. The minimum atomic E-state index is -4.45. The normalized spacial score (nSPS) is 14.6. The lowest BCUT2D eigenvalue weighted by molar-refractivity contribution is -0.137. The Labute approximate surface area is 237 Å². The van der Waals surface area contributed by atoms with Crippen LogP contribution in [0.2, 0.25) is 0 Å². The van der Waals surface area contributed by atoms with Gasteiger partial charge in [-0.25, -0.2) is 9.97 Å². The number of halogens is 5. The first kappa shape index (κ1) is 30.3. The molecule has 39 heavy (non-hydrogen) atoms. The quantitative estimate of drug-likeness (QED) is 0.255. The highest BCUT2D eigenvalue weighted by Crippen LogP contribution is 2.36. The zero-order valence-corrected chi connectivity index (χ0v) is 22.8. The second-order valence-electron chi connectivity index (χ2n) is 9.18. The maximum absolute atomic E-state index is 13.5. The smallest absolute Gasteiger partial charge is 0.348 e. The summed E-state index contributed by atoms with van der Waals surface area (Å²) in [4.78, 5) is 9.00. The second-order valence-corrected chi connectivity index (χ2v) is 9.18. The average Bonchev–Trinajstić information content (AvgIpc) is 2.93. The first-order valence-corrected chi connectivity index (χ1v) is 12.3. The highest BCUT2D eigenvalue weighted by atomic mass is 35.5. The summed E-state index contributed by atoms with van der Waals surface area (Å²) in [7, 11) is 0. The summed E-state index contributed by atoms with van der Waals surface area (Å²) in [5, 5.41) is 15.6. The summed E-state index contributed by atoms with van der Waals surface area (Å²) < 4.78 is 40.6. The molecule has 1 fully saturated rings. The maximum Gasteiger partial charge on any atom is 0.416 e. The Hall–Kier alpha value is -3.27. The van der Waals surface area contributed by atoms with E-state index < -0.39 is 11.7 Å². The van der Waals surface area contributed by atoms with Gasteiger partial charge in [0.25, 0.3) is 0 Å². The maximum atomic E-state index is 13.5. The molecule has 0 spiro atoms. The third-order valence-electron chi connectivity index (χ3n) is 6.61. The van der Waals surface area contributed by atoms with Crippen molar-refractivity contribution in [3.05, 3.63) is 89.7 Å². The van der Waals surface area contributed by atoms with Crippen LogP contribution in [-0.2, 0) is 6.18 Å². The predicted molar refractivity (Wildman–Crippen MR) is 151 cm³/mol. The van der Waals surface area contributed by atoms with Crippen molar-refractivity contribution in [1.82, 2.24) is 25.5 Å². The number of rotatable bonds is 6. The lowest BCUT2D eigenvalue weighted by atomic mass is 9.91. The Kier molecular flexibility index (Phi) is 10.2. The van der Waals surface area contributed by atoms with E-state index in [2.05, 4.69) is 30.8 Å². The van der Waals surface area contributed by atoms with Gasteiger partial charge in [0.05, 0.1) is 23.0 Å². The first-order chi connectivity index (χ1) is 17.9. The molecule has 0 bridgehead atoms. The Morgan fingerprint density at radius 1 is 0.923 bits per heavy atom. The number of alkyl halides is 3. The average molecular weight is 577 g/mol. The van der Waals surface area contributed by atoms with E-state index >= 15 is 0 Å². The Morgan fingerprint density at radius 2 is 1.67 bits per heavy atom. The van der Waals surface area contributed by atoms with Gasteiger partial charge < -0.3 is 10.6 Å². The molecule has 6 nitrogen and oxygen atoms in total. The molecule has 0 saturated carbocycles. The molecule has 0 aliphatic carbocycles. The number of hydrogen-bond donors (Lipinski definition) is 2. The summed E-state index contributed by atoms with van der Waals surface area (Å²) in [5.74, 6) is 0.592. The molecule has 0 unspecified atom stereocenters. The number of anilines is 1. The van der Waals surface area contributed by atoms with Gasteiger partial charge in [-0.05, 0) is 68.2 Å². The summed E-state index contributed by atoms with van der Waals surface area (Å²) in [6.45, 7) is 3.74. The fraction of sp³-hybridized carbons (Fsp3) is 0.286. The summed E-state index contributed by atoms with van der Waals surface area (Å²) in [6.07, 6.45) is -1.04. The Bertz CT molecular complexity index is 1370. The molecule has 2 aromatic heterocycles. The van der Waals surface area contributed by atoms with Crippen molar-refractivity contribution < 1.29 is 13.2 Å². The van der Waals surface area contributed by atoms with Gasteiger partial charge in [0.1, 0.15) is 5.69 Å². The van der Waals surface area contributed by atoms with Crippen LogP contribution in [0, 0.1) is 0 Å². The van der Waals surface area contributed by atoms with E-state index in [0.29, 0.717) is 28.5 Å². The zero-order chi connectivity index (χ0) is 25.8. The molecule has 1 aliphatic heterocycles. The molecule has 2 aromatic carbocycles. The minimum Gasteiger partial charge on any atom is -0.348 e. The van der Waals surface area contributed by atoms with Gasteiger partial charge in [0.2, 0.25) is 5.95 Å². The summed E-state index contributed by atoms with van der Waals surface area (Å²) in [5.41, 5.74) is 3.02. The van der Waals surface area contributed by atoms with E-state index in [1.807, 2.05) is 43.3 Å². The zero-order valence-electron chi connectivity index (χ0n) is 21.2. The summed E-state index contributed by atoms with van der Waals surface area (Å²) in [6, 6.07) is 18.7. The standard InChI is InChI=1S/C28H27F3N6.2ClH/c1-18(19-6-3-2-4-7-19)34-27-33-15-12-24(35-27)26-23(21-8-5-9-22(16-21)28(29,30)31)17-25(36-37-26)20-10-13-32-14-11-20;;/h2-9,12,15-18,20,32H,10-11,13-14H2,1H3,(H,33,34,35);2*1H/t18-;;/m0../s1. The number of piperidine rings is 1. The highest BCUT2D eigenvalue weighted by Gasteiger charge is 2.31. The van der Waals surface area contributed by atoms with Crippen molar-refractivity contribution >= 4 is 30.8 Å². The van der Waals surface area contributed by atoms with Crippen molar-refractivity contribution in [2.24, 2.45) is 0 Å². The number of benzene rings is 2. The molecule has 4 aromatic rings. The van der Waals surface area contributed by atoms with Crippen LogP contribution in [0.1, 0.15) is 48.5 Å². The van der Waals surface area contributed by atoms with Crippen molar-refractivity contribution in [3.8, 4) is 22.5 Å². The van der Waals surface area contributed by atoms with Gasteiger partial charge >= 0.3 is 6.18 Å². The molecular weight excluding hydrogens is 548 g/mol. The van der Waals surface area contributed by atoms with Crippen molar-refractivity contribution in [2.75, 3.05) is 18.4 Å². The van der Waals surface area contributed by atoms with Gasteiger partial charge in [0, 0.05) is 17.7 Å². The van der Waals surface area contributed by atoms with Gasteiger partial charge in [-0.15, -0.1) is 29.9 Å². The monoisotopic (exact) mass is 576 g/mol. The van der Waals surface area contributed by atoms with E-state index in [-0.39, 0.29) is 36.8 Å². The molecule has 1 saturated heterocycles. The van der Waals surface area contributed by atoms with E-state index in [4.69, 9.17) is 0 Å². The van der Waals surface area contributed by atoms with Crippen LogP contribution in [0.5, 0.6) is 0 Å². The molecule has 2 N–H and O–H groups in total. The number of hydrogen-bond acceptors (Lipinski definition) is 6. The molecule has 5 rings (SSSR count). The largest absolute Gasteiger partial charge is 0.416 e. The first-order valence-electron chi connectivity index (χ1n) is 12.3. The lowest BCUT2D eigenvalue weighted by Gasteiger charge is -2.22. The van der Waals surface area contributed by atoms with Crippen LogP contribution in [0.4, 0.5) is 19.1 Å². The van der Waals surface area contributed by atoms with Gasteiger partial charge in [-0.1, -0.05) is 42.5 Å². The van der Waals surface area contributed by atoms with Crippen LogP contribution in [0.25, 0.3) is 22.5 Å². The van der Waals surface area contributed by atoms with Gasteiger partial charge in [0.15, 0.2) is 0 Å². The van der Waals surface area contributed by atoms with E-state index in [1.165, 1.54) is 6.07 Å². The molecule has 3 heterocycles. The predicted octanol–water partition coefficient (Wildman–Crippen LogP) is 7.10. The van der Waals surface area contributed by atoms with Crippen LogP contribution in [0.15, 0.2) is 72.9 Å².